The summed E-state index contributed by atoms with van der Waals surface area (Å²) in [5.74, 6) is 2.46. The Labute approximate surface area is 140 Å². The van der Waals surface area contributed by atoms with Crippen molar-refractivity contribution in [1.29, 1.82) is 0 Å². The van der Waals surface area contributed by atoms with E-state index in [4.69, 9.17) is 4.98 Å². The van der Waals surface area contributed by atoms with Crippen molar-refractivity contribution in [2.24, 2.45) is 13.0 Å². The van der Waals surface area contributed by atoms with Gasteiger partial charge in [-0.1, -0.05) is 0 Å². The normalized spacial score (nSPS) is 22.7. The first-order chi connectivity index (χ1) is 11.8. The van der Waals surface area contributed by atoms with Crippen LogP contribution in [0.5, 0.6) is 0 Å². The SMILES string of the molecule is Cn1cc(CN2C[C@@H]3Cn4c(-c5cccnc5)cnc4[C@H]3C2)cn1. The Morgan fingerprint density at radius 3 is 2.92 bits per heavy atom. The van der Waals surface area contributed by atoms with E-state index in [9.17, 15) is 0 Å². The zero-order valence-electron chi connectivity index (χ0n) is 13.7. The van der Waals surface area contributed by atoms with Crippen LogP contribution in [0.3, 0.4) is 0 Å². The Bertz CT molecular complexity index is 865. The lowest BCUT2D eigenvalue weighted by molar-refractivity contribution is 0.306. The van der Waals surface area contributed by atoms with Crippen molar-refractivity contribution in [3.05, 3.63) is 54.5 Å². The van der Waals surface area contributed by atoms with Crippen molar-refractivity contribution in [1.82, 2.24) is 29.2 Å². The highest BCUT2D eigenvalue weighted by Gasteiger charge is 2.42. The summed E-state index contributed by atoms with van der Waals surface area (Å²) in [5, 5.41) is 4.27. The summed E-state index contributed by atoms with van der Waals surface area (Å²) in [6, 6.07) is 4.10. The fourth-order valence-electron chi connectivity index (χ4n) is 4.24. The number of hydrogen-bond donors (Lipinski definition) is 0. The summed E-state index contributed by atoms with van der Waals surface area (Å²) >= 11 is 0. The zero-order valence-corrected chi connectivity index (χ0v) is 13.7. The van der Waals surface area contributed by atoms with Gasteiger partial charge in [0.25, 0.3) is 0 Å². The minimum Gasteiger partial charge on any atom is -0.327 e. The molecule has 0 N–H and O–H groups in total. The predicted octanol–water partition coefficient (Wildman–Crippen LogP) is 1.91. The van der Waals surface area contributed by atoms with Crippen LogP contribution in [0.4, 0.5) is 0 Å². The van der Waals surface area contributed by atoms with Gasteiger partial charge in [-0.05, 0) is 12.1 Å². The van der Waals surface area contributed by atoms with Crippen LogP contribution in [0.15, 0.2) is 43.1 Å². The maximum atomic E-state index is 4.75. The number of fused-ring (bicyclic) bond motifs is 3. The molecule has 122 valence electrons. The summed E-state index contributed by atoms with van der Waals surface area (Å²) < 4.78 is 4.27. The average molecular weight is 320 g/mol. The fourth-order valence-corrected chi connectivity index (χ4v) is 4.24. The lowest BCUT2D eigenvalue weighted by Crippen LogP contribution is -2.22. The highest BCUT2D eigenvalue weighted by atomic mass is 15.3. The van der Waals surface area contributed by atoms with E-state index in [0.29, 0.717) is 11.8 Å². The molecule has 2 aliphatic rings. The Morgan fingerprint density at radius 1 is 1.17 bits per heavy atom. The number of aromatic nitrogens is 5. The van der Waals surface area contributed by atoms with Gasteiger partial charge in [0.05, 0.1) is 18.1 Å². The standard InChI is InChI=1S/C18H20N6/c1-22-8-13(5-21-22)9-23-10-15-11-24-17(14-3-2-4-19-6-14)7-20-18(24)16(15)12-23/h2-8,15-16H,9-12H2,1H3/t15-,16+/m1/s1. The van der Waals surface area contributed by atoms with E-state index in [2.05, 4.69) is 31.8 Å². The molecule has 0 unspecified atom stereocenters. The molecule has 0 saturated carbocycles. The first-order valence-electron chi connectivity index (χ1n) is 8.43. The van der Waals surface area contributed by atoms with Crippen molar-refractivity contribution in [2.75, 3.05) is 13.1 Å². The molecule has 6 nitrogen and oxygen atoms in total. The second-order valence-electron chi connectivity index (χ2n) is 6.94. The number of pyridine rings is 1. The molecule has 1 saturated heterocycles. The topological polar surface area (TPSA) is 51.8 Å². The average Bonchev–Trinajstić information content (AvgIpc) is 3.31. The molecule has 0 aromatic carbocycles. The van der Waals surface area contributed by atoms with Crippen molar-refractivity contribution in [3.63, 3.8) is 0 Å². The summed E-state index contributed by atoms with van der Waals surface area (Å²) in [4.78, 5) is 11.5. The van der Waals surface area contributed by atoms with Crippen molar-refractivity contribution in [3.8, 4) is 11.3 Å². The summed E-state index contributed by atoms with van der Waals surface area (Å²) in [7, 11) is 1.97. The summed E-state index contributed by atoms with van der Waals surface area (Å²) in [6.07, 6.45) is 9.82. The molecule has 0 amide bonds. The molecule has 24 heavy (non-hydrogen) atoms. The maximum absolute atomic E-state index is 4.75. The van der Waals surface area contributed by atoms with Gasteiger partial charge in [-0.3, -0.25) is 14.6 Å². The van der Waals surface area contributed by atoms with E-state index in [1.54, 1.807) is 0 Å². The molecule has 2 atom stereocenters. The molecule has 0 bridgehead atoms. The highest BCUT2D eigenvalue weighted by Crippen LogP contribution is 2.41. The fraction of sp³-hybridized carbons (Fsp3) is 0.389. The molecule has 0 spiro atoms. The van der Waals surface area contributed by atoms with E-state index in [-0.39, 0.29) is 0 Å². The van der Waals surface area contributed by atoms with Crippen LogP contribution in [-0.2, 0) is 20.1 Å². The van der Waals surface area contributed by atoms with Crippen LogP contribution in [0, 0.1) is 5.92 Å². The number of nitrogens with zero attached hydrogens (tertiary/aromatic N) is 6. The van der Waals surface area contributed by atoms with E-state index in [0.717, 1.165) is 31.7 Å². The van der Waals surface area contributed by atoms with Crippen LogP contribution in [-0.4, -0.2) is 42.3 Å². The first-order valence-corrected chi connectivity index (χ1v) is 8.43. The van der Waals surface area contributed by atoms with E-state index < -0.39 is 0 Å². The summed E-state index contributed by atoms with van der Waals surface area (Å²) in [6.45, 7) is 4.27. The number of likely N-dealkylation sites (tertiary alicyclic amines) is 1. The molecule has 3 aromatic rings. The third-order valence-corrected chi connectivity index (χ3v) is 5.27. The van der Waals surface area contributed by atoms with Gasteiger partial charge in [-0.25, -0.2) is 4.98 Å². The number of aryl methyl sites for hydroxylation is 1. The predicted molar refractivity (Wildman–Crippen MR) is 90.2 cm³/mol. The largest absolute Gasteiger partial charge is 0.327 e. The number of rotatable bonds is 3. The number of imidazole rings is 1. The van der Waals surface area contributed by atoms with Gasteiger partial charge in [-0.15, -0.1) is 0 Å². The van der Waals surface area contributed by atoms with Crippen molar-refractivity contribution >= 4 is 0 Å². The molecule has 0 radical (unpaired) electrons. The monoisotopic (exact) mass is 320 g/mol. The minimum atomic E-state index is 0.548. The van der Waals surface area contributed by atoms with Crippen molar-refractivity contribution < 1.29 is 0 Å². The van der Waals surface area contributed by atoms with Gasteiger partial charge >= 0.3 is 0 Å². The lowest BCUT2D eigenvalue weighted by atomic mass is 9.99. The second kappa shape index (κ2) is 5.27. The zero-order chi connectivity index (χ0) is 16.1. The van der Waals surface area contributed by atoms with E-state index in [1.165, 1.54) is 17.1 Å². The second-order valence-corrected chi connectivity index (χ2v) is 6.94. The summed E-state index contributed by atoms with van der Waals surface area (Å²) in [5.41, 5.74) is 3.65. The van der Waals surface area contributed by atoms with Crippen LogP contribution in [0.1, 0.15) is 17.3 Å². The smallest absolute Gasteiger partial charge is 0.113 e. The van der Waals surface area contributed by atoms with Gasteiger partial charge in [-0.2, -0.15) is 5.10 Å². The van der Waals surface area contributed by atoms with Crippen LogP contribution in [0.25, 0.3) is 11.3 Å². The quantitative estimate of drug-likeness (QED) is 0.740. The van der Waals surface area contributed by atoms with Gasteiger partial charge in [0, 0.05) is 74.8 Å². The third kappa shape index (κ3) is 2.17. The minimum absolute atomic E-state index is 0.548. The molecule has 3 aromatic heterocycles. The molecule has 0 aliphatic carbocycles. The van der Waals surface area contributed by atoms with Gasteiger partial charge in [0.15, 0.2) is 0 Å². The van der Waals surface area contributed by atoms with Crippen LogP contribution in [0.2, 0.25) is 0 Å². The third-order valence-electron chi connectivity index (χ3n) is 5.27. The van der Waals surface area contributed by atoms with Gasteiger partial charge in [0.1, 0.15) is 5.82 Å². The van der Waals surface area contributed by atoms with Gasteiger partial charge < -0.3 is 4.57 Å². The Balaban J connectivity index is 1.37. The Kier molecular flexibility index (Phi) is 3.06. The van der Waals surface area contributed by atoms with E-state index >= 15 is 0 Å². The maximum Gasteiger partial charge on any atom is 0.113 e. The first kappa shape index (κ1) is 13.9. The van der Waals surface area contributed by atoms with E-state index in [1.807, 2.05) is 42.6 Å². The van der Waals surface area contributed by atoms with Crippen LogP contribution >= 0.6 is 0 Å². The lowest BCUT2D eigenvalue weighted by Gasteiger charge is -2.16. The molecule has 5 heterocycles. The molecule has 6 heteroatoms. The molecular weight excluding hydrogens is 300 g/mol. The molecule has 2 aliphatic heterocycles. The van der Waals surface area contributed by atoms with Crippen molar-refractivity contribution in [2.45, 2.75) is 19.0 Å². The van der Waals surface area contributed by atoms with Gasteiger partial charge in [0.2, 0.25) is 0 Å². The molecular formula is C18H20N6. The Morgan fingerprint density at radius 2 is 2.12 bits per heavy atom. The molecule has 5 rings (SSSR count). The highest BCUT2D eigenvalue weighted by molar-refractivity contribution is 5.58. The number of hydrogen-bond acceptors (Lipinski definition) is 4. The van der Waals surface area contributed by atoms with Crippen LogP contribution < -0.4 is 0 Å². The Hall–Kier alpha value is -2.47. The molecule has 1 fully saturated rings.